The molecule has 1 saturated carbocycles. The van der Waals surface area contributed by atoms with Gasteiger partial charge < -0.3 is 10.1 Å². The Hall–Kier alpha value is -4.05. The molecule has 4 rings (SSSR count). The Balaban J connectivity index is 1.28. The molecule has 0 bridgehead atoms. The molecule has 9 nitrogen and oxygen atoms in total. The molecule has 0 radical (unpaired) electrons. The van der Waals surface area contributed by atoms with Crippen LogP contribution in [0.5, 0.6) is 0 Å². The summed E-state index contributed by atoms with van der Waals surface area (Å²) in [7, 11) is -4.20. The lowest BCUT2D eigenvalue weighted by molar-refractivity contribution is 0.0204. The standard InChI is InChI=1S/C29H31N3O6S/c33-27(30-19-7-10-21-8-3-1-4-9-21)22-13-16-25(17-14-22)39(36,37)32-28(34)23-15-18-26(31-20-23)29(35)38-24-11-5-2-6-12-24/h1,3-4,8-9,13-18,20,24H,2,5-7,10-12,19H2,(H,30,33)(H,32,34). The molecule has 1 aliphatic carbocycles. The number of sulfonamides is 1. The van der Waals surface area contributed by atoms with Gasteiger partial charge in [0.2, 0.25) is 0 Å². The molecule has 2 N–H and O–H groups in total. The van der Waals surface area contributed by atoms with Crippen LogP contribution < -0.4 is 10.0 Å². The molecule has 1 aromatic heterocycles. The first-order valence-corrected chi connectivity index (χ1v) is 14.5. The lowest BCUT2D eigenvalue weighted by atomic mass is 9.98. The second-order valence-electron chi connectivity index (χ2n) is 9.40. The van der Waals surface area contributed by atoms with Gasteiger partial charge in [-0.1, -0.05) is 36.8 Å². The van der Waals surface area contributed by atoms with Gasteiger partial charge in [0.05, 0.1) is 10.5 Å². The van der Waals surface area contributed by atoms with Gasteiger partial charge in [-0.2, -0.15) is 0 Å². The fourth-order valence-corrected chi connectivity index (χ4v) is 5.28. The maximum Gasteiger partial charge on any atom is 0.357 e. The van der Waals surface area contributed by atoms with Crippen molar-refractivity contribution in [3.63, 3.8) is 0 Å². The highest BCUT2D eigenvalue weighted by atomic mass is 32.2. The average molecular weight is 550 g/mol. The largest absolute Gasteiger partial charge is 0.458 e. The molecule has 1 heterocycles. The van der Waals surface area contributed by atoms with Crippen molar-refractivity contribution in [1.82, 2.24) is 15.0 Å². The smallest absolute Gasteiger partial charge is 0.357 e. The minimum atomic E-state index is -4.20. The number of aryl methyl sites for hydroxylation is 1. The third kappa shape index (κ3) is 7.97. The molecule has 1 fully saturated rings. The van der Waals surface area contributed by atoms with Gasteiger partial charge in [-0.25, -0.2) is 22.9 Å². The molecule has 1 aliphatic rings. The van der Waals surface area contributed by atoms with Crippen molar-refractivity contribution >= 4 is 27.8 Å². The Morgan fingerprint density at radius 1 is 0.846 bits per heavy atom. The minimum absolute atomic E-state index is 0.0284. The number of hydrogen-bond acceptors (Lipinski definition) is 7. The molecule has 2 amide bonds. The highest BCUT2D eigenvalue weighted by Gasteiger charge is 2.22. The zero-order chi connectivity index (χ0) is 27.7. The number of esters is 1. The number of pyridine rings is 1. The maximum absolute atomic E-state index is 12.7. The second kappa shape index (κ2) is 13.1. The first kappa shape index (κ1) is 28.0. The molecule has 0 aliphatic heterocycles. The number of rotatable bonds is 10. The monoisotopic (exact) mass is 549 g/mol. The molecule has 0 spiro atoms. The summed E-state index contributed by atoms with van der Waals surface area (Å²) in [4.78, 5) is 41.1. The zero-order valence-corrected chi connectivity index (χ0v) is 22.3. The van der Waals surface area contributed by atoms with E-state index in [2.05, 4.69) is 10.3 Å². The fourth-order valence-electron chi connectivity index (χ4n) is 4.31. The SMILES string of the molecule is O=C(NCCCc1ccccc1)c1ccc(S(=O)(=O)NC(=O)c2ccc(C(=O)OC3CCCCC3)nc2)cc1. The van der Waals surface area contributed by atoms with Crippen molar-refractivity contribution in [2.24, 2.45) is 0 Å². The van der Waals surface area contributed by atoms with Gasteiger partial charge in [0.1, 0.15) is 11.8 Å². The van der Waals surface area contributed by atoms with Crippen LogP contribution in [-0.2, 0) is 21.2 Å². The van der Waals surface area contributed by atoms with Crippen molar-refractivity contribution in [2.45, 2.75) is 55.9 Å². The van der Waals surface area contributed by atoms with E-state index in [9.17, 15) is 22.8 Å². The van der Waals surface area contributed by atoms with Gasteiger partial charge in [0, 0.05) is 18.3 Å². The maximum atomic E-state index is 12.7. The molecule has 0 unspecified atom stereocenters. The van der Waals surface area contributed by atoms with Crippen LogP contribution in [0.1, 0.15) is 75.3 Å². The molecule has 0 atom stereocenters. The van der Waals surface area contributed by atoms with Gasteiger partial charge in [-0.15, -0.1) is 0 Å². The topological polar surface area (TPSA) is 132 Å². The number of ether oxygens (including phenoxy) is 1. The van der Waals surface area contributed by atoms with Gasteiger partial charge in [0.15, 0.2) is 0 Å². The van der Waals surface area contributed by atoms with Crippen molar-refractivity contribution in [2.75, 3.05) is 6.54 Å². The molecule has 0 saturated heterocycles. The first-order chi connectivity index (χ1) is 18.8. The van der Waals surface area contributed by atoms with E-state index in [0.717, 1.165) is 51.1 Å². The molecule has 39 heavy (non-hydrogen) atoms. The zero-order valence-electron chi connectivity index (χ0n) is 21.5. The lowest BCUT2D eigenvalue weighted by Crippen LogP contribution is -2.31. The van der Waals surface area contributed by atoms with Gasteiger partial charge >= 0.3 is 5.97 Å². The predicted octanol–water partition coefficient (Wildman–Crippen LogP) is 4.05. The van der Waals surface area contributed by atoms with Crippen LogP contribution in [0.2, 0.25) is 0 Å². The van der Waals surface area contributed by atoms with Gasteiger partial charge in [0.25, 0.3) is 21.8 Å². The summed E-state index contributed by atoms with van der Waals surface area (Å²) in [6.45, 7) is 0.481. The fraction of sp³-hybridized carbons (Fsp3) is 0.310. The number of carbonyl (C=O) groups excluding carboxylic acids is 3. The summed E-state index contributed by atoms with van der Waals surface area (Å²) in [5.74, 6) is -1.78. The predicted molar refractivity (Wildman–Crippen MR) is 145 cm³/mol. The molecular formula is C29H31N3O6S. The van der Waals surface area contributed by atoms with Crippen LogP contribution in [0.25, 0.3) is 0 Å². The molecule has 2 aromatic carbocycles. The van der Waals surface area contributed by atoms with Crippen LogP contribution in [0.3, 0.4) is 0 Å². The number of nitrogens with one attached hydrogen (secondary N) is 2. The van der Waals surface area contributed by atoms with E-state index in [1.54, 1.807) is 0 Å². The van der Waals surface area contributed by atoms with Crippen LogP contribution in [0, 0.1) is 0 Å². The minimum Gasteiger partial charge on any atom is -0.458 e. The number of carbonyl (C=O) groups is 3. The highest BCUT2D eigenvalue weighted by molar-refractivity contribution is 7.90. The molecular weight excluding hydrogens is 518 g/mol. The van der Waals surface area contributed by atoms with Crippen molar-refractivity contribution < 1.29 is 27.5 Å². The first-order valence-electron chi connectivity index (χ1n) is 13.0. The Morgan fingerprint density at radius 3 is 2.21 bits per heavy atom. The van der Waals surface area contributed by atoms with E-state index in [1.807, 2.05) is 35.1 Å². The Bertz CT molecular complexity index is 1390. The van der Waals surface area contributed by atoms with Crippen LogP contribution in [0.15, 0.2) is 77.8 Å². The number of amides is 2. The van der Waals surface area contributed by atoms with E-state index >= 15 is 0 Å². The lowest BCUT2D eigenvalue weighted by Gasteiger charge is -2.21. The number of aromatic nitrogens is 1. The Labute approximate surface area is 228 Å². The third-order valence-corrected chi connectivity index (χ3v) is 7.83. The van der Waals surface area contributed by atoms with E-state index in [0.29, 0.717) is 12.1 Å². The average Bonchev–Trinajstić information content (AvgIpc) is 2.96. The Kier molecular flexibility index (Phi) is 9.43. The molecule has 3 aromatic rings. The molecule has 10 heteroatoms. The summed E-state index contributed by atoms with van der Waals surface area (Å²) in [6.07, 6.45) is 7.43. The number of benzene rings is 2. The van der Waals surface area contributed by atoms with Crippen molar-refractivity contribution in [3.05, 3.63) is 95.3 Å². The number of hydrogen-bond donors (Lipinski definition) is 2. The van der Waals surface area contributed by atoms with Crippen LogP contribution in [-0.4, -0.2) is 43.8 Å². The quantitative estimate of drug-likeness (QED) is 0.288. The summed E-state index contributed by atoms with van der Waals surface area (Å²) in [6, 6.07) is 17.9. The molecule has 204 valence electrons. The normalized spacial score (nSPS) is 13.8. The van der Waals surface area contributed by atoms with E-state index in [4.69, 9.17) is 4.74 Å². The van der Waals surface area contributed by atoms with Gasteiger partial charge in [-0.05, 0) is 80.5 Å². The second-order valence-corrected chi connectivity index (χ2v) is 11.1. The van der Waals surface area contributed by atoms with E-state index < -0.39 is 21.9 Å². The van der Waals surface area contributed by atoms with E-state index in [-0.39, 0.29) is 28.2 Å². The highest BCUT2D eigenvalue weighted by Crippen LogP contribution is 2.21. The Morgan fingerprint density at radius 2 is 1.54 bits per heavy atom. The van der Waals surface area contributed by atoms with Gasteiger partial charge in [-0.3, -0.25) is 9.59 Å². The number of nitrogens with zero attached hydrogens (tertiary/aromatic N) is 1. The van der Waals surface area contributed by atoms with Crippen molar-refractivity contribution in [3.8, 4) is 0 Å². The van der Waals surface area contributed by atoms with Crippen LogP contribution in [0.4, 0.5) is 0 Å². The summed E-state index contributed by atoms with van der Waals surface area (Å²) < 4.78 is 32.9. The van der Waals surface area contributed by atoms with Crippen LogP contribution >= 0.6 is 0 Å². The summed E-state index contributed by atoms with van der Waals surface area (Å²) >= 11 is 0. The summed E-state index contributed by atoms with van der Waals surface area (Å²) in [5, 5.41) is 2.82. The third-order valence-electron chi connectivity index (χ3n) is 6.49. The van der Waals surface area contributed by atoms with E-state index in [1.165, 1.54) is 42.0 Å². The van der Waals surface area contributed by atoms with Crippen molar-refractivity contribution in [1.29, 1.82) is 0 Å². The summed E-state index contributed by atoms with van der Waals surface area (Å²) in [5.41, 5.74) is 1.51.